The number of benzene rings is 1. The topological polar surface area (TPSA) is 39.5 Å². The highest BCUT2D eigenvalue weighted by Gasteiger charge is 2.13. The zero-order valence-electron chi connectivity index (χ0n) is 11.2. The summed E-state index contributed by atoms with van der Waals surface area (Å²) in [6.07, 6.45) is 0. The van der Waals surface area contributed by atoms with Crippen molar-refractivity contribution in [1.82, 2.24) is 0 Å². The lowest BCUT2D eigenvalue weighted by atomic mass is 10.2. The molecule has 0 aromatic heterocycles. The van der Waals surface area contributed by atoms with Crippen LogP contribution < -0.4 is 15.0 Å². The quantitative estimate of drug-likeness (QED) is 0.659. The number of rotatable bonds is 6. The van der Waals surface area contributed by atoms with Crippen molar-refractivity contribution >= 4 is 0 Å². The monoisotopic (exact) mass is 252 g/mol. The van der Waals surface area contributed by atoms with Crippen LogP contribution in [0.25, 0.3) is 0 Å². The van der Waals surface area contributed by atoms with Crippen LogP contribution in [0.1, 0.15) is 5.56 Å². The Hall–Kier alpha value is -1.10. The van der Waals surface area contributed by atoms with Crippen LogP contribution in [0.2, 0.25) is 0 Å². The average molecular weight is 252 g/mol. The van der Waals surface area contributed by atoms with Crippen molar-refractivity contribution in [3.05, 3.63) is 29.8 Å². The van der Waals surface area contributed by atoms with E-state index in [1.807, 2.05) is 0 Å². The van der Waals surface area contributed by atoms with E-state index in [0.29, 0.717) is 0 Å². The van der Waals surface area contributed by atoms with Crippen LogP contribution in [0, 0.1) is 0 Å². The van der Waals surface area contributed by atoms with E-state index >= 15 is 0 Å². The highest BCUT2D eigenvalue weighted by molar-refractivity contribution is 5.26. The lowest BCUT2D eigenvalue weighted by molar-refractivity contribution is -0.908. The smallest absolute Gasteiger partial charge is 0.137 e. The molecule has 3 N–H and O–H groups in total. The Kier molecular flexibility index (Phi) is 5.45. The molecule has 0 saturated carbocycles. The van der Waals surface area contributed by atoms with Crippen LogP contribution in [-0.2, 0) is 11.3 Å². The fourth-order valence-corrected chi connectivity index (χ4v) is 2.18. The molecule has 1 heterocycles. The second-order valence-corrected chi connectivity index (χ2v) is 4.72. The van der Waals surface area contributed by atoms with E-state index in [2.05, 4.69) is 36.6 Å². The highest BCUT2D eigenvalue weighted by atomic mass is 16.5. The zero-order chi connectivity index (χ0) is 12.6. The van der Waals surface area contributed by atoms with Crippen LogP contribution in [0.5, 0.6) is 5.75 Å². The molecule has 100 valence electrons. The molecule has 0 spiro atoms. The first kappa shape index (κ1) is 13.3. The summed E-state index contributed by atoms with van der Waals surface area (Å²) in [5.74, 6) is 0.975. The van der Waals surface area contributed by atoms with Crippen LogP contribution in [0.3, 0.4) is 0 Å². The minimum Gasteiger partial charge on any atom is -0.488 e. The number of nitrogens with two attached hydrogens (primary N) is 1. The summed E-state index contributed by atoms with van der Waals surface area (Å²) in [6, 6.07) is 8.40. The van der Waals surface area contributed by atoms with E-state index in [0.717, 1.165) is 51.7 Å². The molecule has 0 aliphatic carbocycles. The molecule has 0 atom stereocenters. The first-order chi connectivity index (χ1) is 8.88. The summed E-state index contributed by atoms with van der Waals surface area (Å²) >= 11 is 0. The van der Waals surface area contributed by atoms with E-state index in [1.165, 1.54) is 5.56 Å². The second-order valence-electron chi connectivity index (χ2n) is 4.72. The molecular formula is C14H24N2O2+2. The predicted octanol–water partition coefficient (Wildman–Crippen LogP) is -1.33. The number of nitrogens with one attached hydrogen (secondary N) is 1. The molecule has 1 aliphatic heterocycles. The maximum Gasteiger partial charge on any atom is 0.137 e. The Morgan fingerprint density at radius 3 is 2.61 bits per heavy atom. The van der Waals surface area contributed by atoms with Gasteiger partial charge in [0.05, 0.1) is 20.3 Å². The van der Waals surface area contributed by atoms with Crippen LogP contribution >= 0.6 is 0 Å². The van der Waals surface area contributed by atoms with Gasteiger partial charge in [0.15, 0.2) is 0 Å². The number of morpholine rings is 1. The van der Waals surface area contributed by atoms with Gasteiger partial charge in [-0.15, -0.1) is 0 Å². The lowest BCUT2D eigenvalue weighted by Crippen LogP contribution is -3.14. The van der Waals surface area contributed by atoms with E-state index < -0.39 is 0 Å². The average Bonchev–Trinajstić information content (AvgIpc) is 2.42. The van der Waals surface area contributed by atoms with E-state index in [4.69, 9.17) is 9.47 Å². The summed E-state index contributed by atoms with van der Waals surface area (Å²) in [7, 11) is 2.08. The van der Waals surface area contributed by atoms with Crippen molar-refractivity contribution in [3.8, 4) is 5.75 Å². The van der Waals surface area contributed by atoms with Gasteiger partial charge in [-0.25, -0.2) is 0 Å². The number of hydrogen-bond donors (Lipinski definition) is 2. The fraction of sp³-hybridized carbons (Fsp3) is 0.571. The van der Waals surface area contributed by atoms with Crippen molar-refractivity contribution < 1.29 is 19.7 Å². The molecule has 0 unspecified atom stereocenters. The van der Waals surface area contributed by atoms with E-state index in [-0.39, 0.29) is 0 Å². The van der Waals surface area contributed by atoms with Crippen LogP contribution in [0.4, 0.5) is 0 Å². The van der Waals surface area contributed by atoms with Gasteiger partial charge in [0, 0.05) is 5.56 Å². The normalized spacial score (nSPS) is 16.7. The van der Waals surface area contributed by atoms with Crippen molar-refractivity contribution in [3.63, 3.8) is 0 Å². The Bertz CT molecular complexity index is 334. The molecule has 0 radical (unpaired) electrons. The van der Waals surface area contributed by atoms with Gasteiger partial charge >= 0.3 is 0 Å². The fourth-order valence-electron chi connectivity index (χ4n) is 2.18. The third-order valence-corrected chi connectivity index (χ3v) is 3.29. The predicted molar refractivity (Wildman–Crippen MR) is 69.9 cm³/mol. The van der Waals surface area contributed by atoms with Crippen molar-refractivity contribution in [2.45, 2.75) is 6.54 Å². The molecule has 0 amide bonds. The Morgan fingerprint density at radius 2 is 1.94 bits per heavy atom. The van der Waals surface area contributed by atoms with Crippen molar-refractivity contribution in [1.29, 1.82) is 0 Å². The van der Waals surface area contributed by atoms with Gasteiger partial charge in [-0.3, -0.25) is 0 Å². The summed E-state index contributed by atoms with van der Waals surface area (Å²) in [4.78, 5) is 1.58. The molecule has 4 heteroatoms. The van der Waals surface area contributed by atoms with Gasteiger partial charge in [0.2, 0.25) is 0 Å². The minimum atomic E-state index is 0.786. The summed E-state index contributed by atoms with van der Waals surface area (Å²) in [5, 5.41) is 2.16. The van der Waals surface area contributed by atoms with E-state index in [9.17, 15) is 0 Å². The van der Waals surface area contributed by atoms with Gasteiger partial charge in [0.25, 0.3) is 0 Å². The summed E-state index contributed by atoms with van der Waals surface area (Å²) in [5.41, 5.74) is 1.34. The Morgan fingerprint density at radius 1 is 1.22 bits per heavy atom. The first-order valence-corrected chi connectivity index (χ1v) is 6.79. The molecular weight excluding hydrogens is 228 g/mol. The Balaban J connectivity index is 1.69. The largest absolute Gasteiger partial charge is 0.488 e. The number of quaternary nitrogens is 2. The minimum absolute atomic E-state index is 0.786. The van der Waals surface area contributed by atoms with E-state index in [1.54, 1.807) is 4.90 Å². The van der Waals surface area contributed by atoms with Crippen molar-refractivity contribution in [2.75, 3.05) is 46.5 Å². The summed E-state index contributed by atoms with van der Waals surface area (Å²) in [6.45, 7) is 6.86. The number of ether oxygens (including phenoxy) is 2. The molecule has 18 heavy (non-hydrogen) atoms. The summed E-state index contributed by atoms with van der Waals surface area (Å²) < 4.78 is 11.1. The molecule has 1 fully saturated rings. The van der Waals surface area contributed by atoms with Gasteiger partial charge < -0.3 is 19.7 Å². The van der Waals surface area contributed by atoms with Gasteiger partial charge in [-0.2, -0.15) is 0 Å². The first-order valence-electron chi connectivity index (χ1n) is 6.79. The second kappa shape index (κ2) is 7.36. The van der Waals surface area contributed by atoms with Gasteiger partial charge in [0.1, 0.15) is 38.5 Å². The molecule has 2 rings (SSSR count). The maximum atomic E-state index is 5.77. The lowest BCUT2D eigenvalue weighted by Gasteiger charge is -2.23. The SMILES string of the molecule is C[NH2+]Cc1ccc(OCC[NH+]2CCOCC2)cc1. The highest BCUT2D eigenvalue weighted by Crippen LogP contribution is 2.10. The van der Waals surface area contributed by atoms with Gasteiger partial charge in [-0.05, 0) is 24.3 Å². The molecule has 1 aromatic carbocycles. The third kappa shape index (κ3) is 4.29. The zero-order valence-corrected chi connectivity index (χ0v) is 11.2. The molecule has 1 saturated heterocycles. The van der Waals surface area contributed by atoms with Crippen LogP contribution in [-0.4, -0.2) is 46.5 Å². The molecule has 1 aromatic rings. The number of hydrogen-bond acceptors (Lipinski definition) is 2. The maximum absolute atomic E-state index is 5.77. The standard InChI is InChI=1S/C14H22N2O2/c1-15-12-13-2-4-14(5-3-13)18-11-8-16-6-9-17-10-7-16/h2-5,15H,6-12H2,1H3/p+2. The van der Waals surface area contributed by atoms with Crippen molar-refractivity contribution in [2.24, 2.45) is 0 Å². The molecule has 1 aliphatic rings. The third-order valence-electron chi connectivity index (χ3n) is 3.29. The van der Waals surface area contributed by atoms with Gasteiger partial charge in [-0.1, -0.05) is 0 Å². The molecule has 0 bridgehead atoms. The molecule has 4 nitrogen and oxygen atoms in total. The Labute approximate surface area is 109 Å². The van der Waals surface area contributed by atoms with Crippen LogP contribution in [0.15, 0.2) is 24.3 Å².